The van der Waals surface area contributed by atoms with Crippen LogP contribution in [0.1, 0.15) is 34.5 Å². The van der Waals surface area contributed by atoms with Crippen LogP contribution in [0.5, 0.6) is 5.75 Å². The van der Waals surface area contributed by atoms with E-state index in [0.717, 1.165) is 30.3 Å². The Kier molecular flexibility index (Phi) is 5.35. The van der Waals surface area contributed by atoms with Gasteiger partial charge < -0.3 is 15.0 Å². The van der Waals surface area contributed by atoms with Crippen LogP contribution in [-0.2, 0) is 6.42 Å². The van der Waals surface area contributed by atoms with Gasteiger partial charge in [-0.05, 0) is 43.4 Å². The quantitative estimate of drug-likeness (QED) is 0.796. The highest BCUT2D eigenvalue weighted by Gasteiger charge is 2.23. The van der Waals surface area contributed by atoms with Gasteiger partial charge in [0.1, 0.15) is 10.6 Å². The number of amides is 1. The van der Waals surface area contributed by atoms with Crippen LogP contribution in [0.15, 0.2) is 30.5 Å². The molecule has 6 heteroatoms. The molecule has 3 rings (SSSR count). The van der Waals surface area contributed by atoms with E-state index in [-0.39, 0.29) is 5.91 Å². The Hall–Kier alpha value is -2.08. The molecule has 0 radical (unpaired) electrons. The lowest BCUT2D eigenvalue weighted by Crippen LogP contribution is -2.27. The maximum absolute atomic E-state index is 12.4. The number of anilines is 1. The molecule has 1 amide bonds. The number of hydrogen-bond donors (Lipinski definition) is 1. The smallest absolute Gasteiger partial charge is 0.265 e. The van der Waals surface area contributed by atoms with Gasteiger partial charge in [-0.1, -0.05) is 23.5 Å². The van der Waals surface area contributed by atoms with Crippen LogP contribution in [-0.4, -0.2) is 42.5 Å². The molecule has 5 nitrogen and oxygen atoms in total. The Morgan fingerprint density at radius 2 is 2.12 bits per heavy atom. The third-order valence-electron chi connectivity index (χ3n) is 4.09. The molecule has 128 valence electrons. The second-order valence-electron chi connectivity index (χ2n) is 6.13. The third kappa shape index (κ3) is 4.47. The molecule has 0 saturated heterocycles. The van der Waals surface area contributed by atoms with Crippen LogP contribution in [0, 0.1) is 0 Å². The number of methoxy groups -OCH3 is 1. The number of hydrogen-bond acceptors (Lipinski definition) is 5. The predicted molar refractivity (Wildman–Crippen MR) is 97.0 cm³/mol. The Labute approximate surface area is 146 Å². The Balaban J connectivity index is 1.45. The zero-order chi connectivity index (χ0) is 16.9. The van der Waals surface area contributed by atoms with Crippen molar-refractivity contribution in [1.29, 1.82) is 0 Å². The summed E-state index contributed by atoms with van der Waals surface area (Å²) in [4.78, 5) is 19.2. The number of benzene rings is 1. The van der Waals surface area contributed by atoms with E-state index in [1.165, 1.54) is 29.7 Å². The van der Waals surface area contributed by atoms with Crippen molar-refractivity contribution in [2.45, 2.75) is 31.7 Å². The molecule has 24 heavy (non-hydrogen) atoms. The number of ether oxygens (including phenoxy) is 1. The second-order valence-corrected chi connectivity index (χ2v) is 7.16. The molecular formula is C18H23N3O2S. The number of nitrogens with zero attached hydrogens (tertiary/aromatic N) is 2. The number of aromatic nitrogens is 1. The highest BCUT2D eigenvalue weighted by molar-refractivity contribution is 7.17. The van der Waals surface area contributed by atoms with Gasteiger partial charge in [-0.2, -0.15) is 0 Å². The van der Waals surface area contributed by atoms with Crippen molar-refractivity contribution in [2.24, 2.45) is 0 Å². The molecule has 0 aliphatic heterocycles. The van der Waals surface area contributed by atoms with Crippen LogP contribution in [0.3, 0.4) is 0 Å². The average Bonchev–Trinajstić information content (AvgIpc) is 3.29. The number of carbonyl (C=O) groups is 1. The van der Waals surface area contributed by atoms with Crippen LogP contribution in [0.4, 0.5) is 5.13 Å². The predicted octanol–water partition coefficient (Wildman–Crippen LogP) is 3.43. The van der Waals surface area contributed by atoms with Crippen molar-refractivity contribution in [3.8, 4) is 5.75 Å². The molecule has 0 atom stereocenters. The van der Waals surface area contributed by atoms with Gasteiger partial charge in [0.2, 0.25) is 0 Å². The second kappa shape index (κ2) is 7.66. The number of thiazole rings is 1. The molecule has 1 fully saturated rings. The van der Waals surface area contributed by atoms with Crippen molar-refractivity contribution < 1.29 is 9.53 Å². The summed E-state index contributed by atoms with van der Waals surface area (Å²) in [6.07, 6.45) is 5.96. The van der Waals surface area contributed by atoms with Gasteiger partial charge in [0.15, 0.2) is 5.13 Å². The highest BCUT2D eigenvalue weighted by Crippen LogP contribution is 2.27. The van der Waals surface area contributed by atoms with Gasteiger partial charge >= 0.3 is 0 Å². The zero-order valence-electron chi connectivity index (χ0n) is 14.1. The van der Waals surface area contributed by atoms with E-state index in [1.54, 1.807) is 18.2 Å². The topological polar surface area (TPSA) is 54.5 Å². The lowest BCUT2D eigenvalue weighted by atomic mass is 10.1. The summed E-state index contributed by atoms with van der Waals surface area (Å²) < 4.78 is 5.16. The third-order valence-corrected chi connectivity index (χ3v) is 5.00. The summed E-state index contributed by atoms with van der Waals surface area (Å²) >= 11 is 1.44. The highest BCUT2D eigenvalue weighted by atomic mass is 32.1. The normalized spacial score (nSPS) is 13.6. The van der Waals surface area contributed by atoms with Crippen molar-refractivity contribution >= 4 is 22.4 Å². The molecule has 1 heterocycles. The summed E-state index contributed by atoms with van der Waals surface area (Å²) in [6.45, 7) is 0.730. The van der Waals surface area contributed by atoms with Gasteiger partial charge in [0.05, 0.1) is 13.3 Å². The summed E-state index contributed by atoms with van der Waals surface area (Å²) in [5.41, 5.74) is 1.25. The Morgan fingerprint density at radius 3 is 2.79 bits per heavy atom. The largest absolute Gasteiger partial charge is 0.497 e. The van der Waals surface area contributed by atoms with Crippen LogP contribution >= 0.6 is 11.3 Å². The van der Waals surface area contributed by atoms with Crippen LogP contribution in [0.25, 0.3) is 0 Å². The maximum atomic E-state index is 12.4. The standard InChI is InChI=1S/C18H23N3O2S/c1-21(11-3-4-13-5-9-15(23-2)10-6-13)17(22)16-12-19-18(24-16)20-14-7-8-14/h5-6,9-10,12,14H,3-4,7-8,11H2,1-2H3,(H,19,20). The van der Waals surface area contributed by atoms with E-state index < -0.39 is 0 Å². The lowest BCUT2D eigenvalue weighted by Gasteiger charge is -2.15. The molecule has 0 spiro atoms. The van der Waals surface area contributed by atoms with Crippen LogP contribution in [0.2, 0.25) is 0 Å². The minimum Gasteiger partial charge on any atom is -0.497 e. The molecule has 1 aromatic carbocycles. The van der Waals surface area contributed by atoms with E-state index in [0.29, 0.717) is 10.9 Å². The van der Waals surface area contributed by atoms with Gasteiger partial charge in [0.25, 0.3) is 5.91 Å². The summed E-state index contributed by atoms with van der Waals surface area (Å²) in [7, 11) is 3.52. The van der Waals surface area contributed by atoms with Crippen molar-refractivity contribution in [2.75, 3.05) is 26.0 Å². The number of carbonyl (C=O) groups excluding carboxylic acids is 1. The number of nitrogens with one attached hydrogen (secondary N) is 1. The van der Waals surface area contributed by atoms with Gasteiger partial charge in [-0.15, -0.1) is 0 Å². The van der Waals surface area contributed by atoms with E-state index in [2.05, 4.69) is 22.4 Å². The van der Waals surface area contributed by atoms with E-state index in [4.69, 9.17) is 4.74 Å². The first kappa shape index (κ1) is 16.8. The zero-order valence-corrected chi connectivity index (χ0v) is 14.9. The number of aryl methyl sites for hydroxylation is 1. The fraction of sp³-hybridized carbons (Fsp3) is 0.444. The van der Waals surface area contributed by atoms with E-state index >= 15 is 0 Å². The molecule has 1 aliphatic rings. The monoisotopic (exact) mass is 345 g/mol. The minimum absolute atomic E-state index is 0.0473. The summed E-state index contributed by atoms with van der Waals surface area (Å²) in [5.74, 6) is 0.915. The molecule has 1 aliphatic carbocycles. The summed E-state index contributed by atoms with van der Waals surface area (Å²) in [5, 5.41) is 4.18. The molecule has 1 saturated carbocycles. The van der Waals surface area contributed by atoms with Crippen LogP contribution < -0.4 is 10.1 Å². The maximum Gasteiger partial charge on any atom is 0.265 e. The SMILES string of the molecule is COc1ccc(CCCN(C)C(=O)c2cnc(NC3CC3)s2)cc1. The first-order chi connectivity index (χ1) is 11.7. The molecule has 2 aromatic rings. The fourth-order valence-electron chi connectivity index (χ4n) is 2.44. The summed E-state index contributed by atoms with van der Waals surface area (Å²) in [6, 6.07) is 8.63. The molecule has 1 aromatic heterocycles. The average molecular weight is 345 g/mol. The van der Waals surface area contributed by atoms with Crippen molar-refractivity contribution in [3.05, 3.63) is 40.9 Å². The van der Waals surface area contributed by atoms with Gasteiger partial charge in [-0.3, -0.25) is 4.79 Å². The van der Waals surface area contributed by atoms with Crippen molar-refractivity contribution in [3.63, 3.8) is 0 Å². The van der Waals surface area contributed by atoms with Gasteiger partial charge in [-0.25, -0.2) is 4.98 Å². The van der Waals surface area contributed by atoms with E-state index in [1.807, 2.05) is 19.2 Å². The van der Waals surface area contributed by atoms with Gasteiger partial charge in [0, 0.05) is 19.6 Å². The Morgan fingerprint density at radius 1 is 1.38 bits per heavy atom. The molecule has 0 unspecified atom stereocenters. The van der Waals surface area contributed by atoms with E-state index in [9.17, 15) is 4.79 Å². The molecule has 1 N–H and O–H groups in total. The Bertz CT molecular complexity index is 680. The van der Waals surface area contributed by atoms with Crippen molar-refractivity contribution in [1.82, 2.24) is 9.88 Å². The molecule has 0 bridgehead atoms. The fourth-order valence-corrected chi connectivity index (χ4v) is 3.33. The number of rotatable bonds is 8. The minimum atomic E-state index is 0.0473. The first-order valence-electron chi connectivity index (χ1n) is 8.26. The first-order valence-corrected chi connectivity index (χ1v) is 9.08. The molecular weight excluding hydrogens is 322 g/mol. The lowest BCUT2D eigenvalue weighted by molar-refractivity contribution is 0.0798.